The highest BCUT2D eigenvalue weighted by Crippen LogP contribution is 2.20. The van der Waals surface area contributed by atoms with Gasteiger partial charge in [0.05, 0.1) is 23.6 Å². The molecule has 0 unspecified atom stereocenters. The van der Waals surface area contributed by atoms with E-state index in [-0.39, 0.29) is 18.5 Å². The van der Waals surface area contributed by atoms with Crippen molar-refractivity contribution in [2.24, 2.45) is 0 Å². The molecule has 0 radical (unpaired) electrons. The fourth-order valence-electron chi connectivity index (χ4n) is 1.73. The number of nitrogens with one attached hydrogen (secondary N) is 1. The van der Waals surface area contributed by atoms with Gasteiger partial charge in [-0.15, -0.1) is 0 Å². The highest BCUT2D eigenvalue weighted by atomic mass is 32.2. The first kappa shape index (κ1) is 14.3. The number of nitriles is 1. The molecule has 1 amide bonds. The maximum atomic E-state index is 11.8. The molecule has 0 saturated heterocycles. The summed E-state index contributed by atoms with van der Waals surface area (Å²) in [5.74, 6) is -0.317. The minimum atomic E-state index is -3.56. The Labute approximate surface area is 118 Å². The largest absolute Gasteiger partial charge is 0.352 e. The lowest BCUT2D eigenvalue weighted by atomic mass is 10.2. The zero-order valence-corrected chi connectivity index (χ0v) is 11.9. The molecule has 1 aliphatic carbocycles. The molecule has 0 bridgehead atoms. The Hall–Kier alpha value is -2.07. The van der Waals surface area contributed by atoms with Crippen molar-refractivity contribution < 1.29 is 13.2 Å². The van der Waals surface area contributed by atoms with E-state index in [1.165, 1.54) is 24.3 Å². The lowest BCUT2D eigenvalue weighted by Crippen LogP contribution is -2.41. The van der Waals surface area contributed by atoms with Crippen LogP contribution in [0.15, 0.2) is 24.3 Å². The Morgan fingerprint density at radius 3 is 2.45 bits per heavy atom. The number of amides is 1. The molecule has 0 aliphatic heterocycles. The van der Waals surface area contributed by atoms with Crippen LogP contribution in [0.3, 0.4) is 0 Å². The molecule has 1 aromatic carbocycles. The predicted molar refractivity (Wildman–Crippen MR) is 74.5 cm³/mol. The van der Waals surface area contributed by atoms with E-state index < -0.39 is 10.0 Å². The van der Waals surface area contributed by atoms with Gasteiger partial charge in [0.1, 0.15) is 6.54 Å². The van der Waals surface area contributed by atoms with Crippen molar-refractivity contribution in [3.63, 3.8) is 0 Å². The summed E-state index contributed by atoms with van der Waals surface area (Å²) in [7, 11) is -3.56. The molecule has 1 saturated carbocycles. The highest BCUT2D eigenvalue weighted by Gasteiger charge is 2.26. The van der Waals surface area contributed by atoms with Gasteiger partial charge in [-0.2, -0.15) is 5.26 Å². The van der Waals surface area contributed by atoms with Gasteiger partial charge in [0.15, 0.2) is 0 Å². The van der Waals surface area contributed by atoms with Crippen molar-refractivity contribution in [3.05, 3.63) is 29.8 Å². The van der Waals surface area contributed by atoms with Gasteiger partial charge in [-0.05, 0) is 37.1 Å². The smallest absolute Gasteiger partial charge is 0.240 e. The van der Waals surface area contributed by atoms with E-state index in [1.807, 2.05) is 6.07 Å². The van der Waals surface area contributed by atoms with Crippen LogP contribution in [0, 0.1) is 11.3 Å². The standard InChI is InChI=1S/C13H15N3O3S/c1-20(18,19)16(9-13(17)15-11-4-5-11)12-6-2-10(8-14)3-7-12/h2-3,6-7,11H,4-5,9H2,1H3,(H,15,17). The summed E-state index contributed by atoms with van der Waals surface area (Å²) in [6.07, 6.45) is 2.94. The Morgan fingerprint density at radius 2 is 2.00 bits per heavy atom. The molecule has 1 aliphatic rings. The third-order valence-electron chi connectivity index (χ3n) is 2.91. The fourth-order valence-corrected chi connectivity index (χ4v) is 2.59. The third kappa shape index (κ3) is 3.71. The second-order valence-corrected chi connectivity index (χ2v) is 6.68. The summed E-state index contributed by atoms with van der Waals surface area (Å²) < 4.78 is 24.6. The van der Waals surface area contributed by atoms with Crippen molar-refractivity contribution in [3.8, 4) is 6.07 Å². The molecular formula is C13H15N3O3S. The molecule has 7 heteroatoms. The minimum absolute atomic E-state index is 0.185. The van der Waals surface area contributed by atoms with Crippen LogP contribution in [-0.2, 0) is 14.8 Å². The van der Waals surface area contributed by atoms with Crippen LogP contribution in [0.5, 0.6) is 0 Å². The molecule has 0 atom stereocenters. The van der Waals surface area contributed by atoms with E-state index >= 15 is 0 Å². The quantitative estimate of drug-likeness (QED) is 0.861. The SMILES string of the molecule is CS(=O)(=O)N(CC(=O)NC1CC1)c1ccc(C#N)cc1. The average Bonchev–Trinajstić information content (AvgIpc) is 3.19. The summed E-state index contributed by atoms with van der Waals surface area (Å²) in [4.78, 5) is 11.8. The topological polar surface area (TPSA) is 90.3 Å². The van der Waals surface area contributed by atoms with Gasteiger partial charge in [-0.25, -0.2) is 8.42 Å². The summed E-state index contributed by atoms with van der Waals surface area (Å²) in [5.41, 5.74) is 0.807. The van der Waals surface area contributed by atoms with Gasteiger partial charge in [0.2, 0.25) is 15.9 Å². The Kier molecular flexibility index (Phi) is 3.95. The first-order valence-electron chi connectivity index (χ1n) is 6.17. The number of hydrogen-bond acceptors (Lipinski definition) is 4. The molecule has 0 spiro atoms. The Balaban J connectivity index is 2.18. The summed E-state index contributed by atoms with van der Waals surface area (Å²) in [5, 5.41) is 11.5. The predicted octanol–water partition coefficient (Wildman–Crippen LogP) is 0.603. The van der Waals surface area contributed by atoms with E-state index in [9.17, 15) is 13.2 Å². The number of anilines is 1. The average molecular weight is 293 g/mol. The van der Waals surface area contributed by atoms with Crippen LogP contribution in [0.2, 0.25) is 0 Å². The fraction of sp³-hybridized carbons (Fsp3) is 0.385. The van der Waals surface area contributed by atoms with Crippen LogP contribution in [0.1, 0.15) is 18.4 Å². The number of hydrogen-bond donors (Lipinski definition) is 1. The first-order chi connectivity index (χ1) is 9.40. The normalized spacial score (nSPS) is 14.4. The van der Waals surface area contributed by atoms with Gasteiger partial charge >= 0.3 is 0 Å². The van der Waals surface area contributed by atoms with Gasteiger partial charge in [-0.1, -0.05) is 0 Å². The van der Waals surface area contributed by atoms with E-state index in [0.717, 1.165) is 23.4 Å². The lowest BCUT2D eigenvalue weighted by Gasteiger charge is -2.21. The summed E-state index contributed by atoms with van der Waals surface area (Å²) >= 11 is 0. The maximum absolute atomic E-state index is 11.8. The van der Waals surface area contributed by atoms with Crippen molar-refractivity contribution in [1.29, 1.82) is 5.26 Å². The van der Waals surface area contributed by atoms with Crippen LogP contribution in [0.4, 0.5) is 5.69 Å². The van der Waals surface area contributed by atoms with Gasteiger partial charge in [0.25, 0.3) is 0 Å². The highest BCUT2D eigenvalue weighted by molar-refractivity contribution is 7.92. The molecular weight excluding hydrogens is 278 g/mol. The number of carbonyl (C=O) groups excluding carboxylic acids is 1. The monoisotopic (exact) mass is 293 g/mol. The second-order valence-electron chi connectivity index (χ2n) is 4.77. The second kappa shape index (κ2) is 5.51. The number of benzene rings is 1. The van der Waals surface area contributed by atoms with Gasteiger partial charge in [0, 0.05) is 6.04 Å². The van der Waals surface area contributed by atoms with Crippen molar-refractivity contribution in [2.75, 3.05) is 17.1 Å². The van der Waals surface area contributed by atoms with Crippen molar-refractivity contribution >= 4 is 21.6 Å². The molecule has 1 N–H and O–H groups in total. The van der Waals surface area contributed by atoms with Gasteiger partial charge in [-0.3, -0.25) is 9.10 Å². The number of carbonyl (C=O) groups is 1. The van der Waals surface area contributed by atoms with Crippen molar-refractivity contribution in [2.45, 2.75) is 18.9 Å². The molecule has 0 heterocycles. The maximum Gasteiger partial charge on any atom is 0.240 e. The van der Waals surface area contributed by atoms with Crippen LogP contribution in [0.25, 0.3) is 0 Å². The molecule has 0 aromatic heterocycles. The first-order valence-corrected chi connectivity index (χ1v) is 8.02. The Morgan fingerprint density at radius 1 is 1.40 bits per heavy atom. The molecule has 20 heavy (non-hydrogen) atoms. The van der Waals surface area contributed by atoms with E-state index in [0.29, 0.717) is 11.3 Å². The zero-order chi connectivity index (χ0) is 14.8. The van der Waals surface area contributed by atoms with Gasteiger partial charge < -0.3 is 5.32 Å². The molecule has 6 nitrogen and oxygen atoms in total. The van der Waals surface area contributed by atoms with Crippen LogP contribution >= 0.6 is 0 Å². The summed E-state index contributed by atoms with van der Waals surface area (Å²) in [6, 6.07) is 8.22. The molecule has 106 valence electrons. The molecule has 2 rings (SSSR count). The zero-order valence-electron chi connectivity index (χ0n) is 11.0. The summed E-state index contributed by atoms with van der Waals surface area (Å²) in [6.45, 7) is -0.249. The minimum Gasteiger partial charge on any atom is -0.352 e. The Bertz CT molecular complexity index is 642. The van der Waals surface area contributed by atoms with E-state index in [2.05, 4.69) is 5.32 Å². The number of sulfonamides is 1. The van der Waals surface area contributed by atoms with Crippen LogP contribution in [-0.4, -0.2) is 33.2 Å². The molecule has 1 aromatic rings. The van der Waals surface area contributed by atoms with Crippen molar-refractivity contribution in [1.82, 2.24) is 5.32 Å². The van der Waals surface area contributed by atoms with E-state index in [4.69, 9.17) is 5.26 Å². The molecule has 1 fully saturated rings. The third-order valence-corrected chi connectivity index (χ3v) is 4.05. The number of nitrogens with zero attached hydrogens (tertiary/aromatic N) is 2. The van der Waals surface area contributed by atoms with Crippen LogP contribution < -0.4 is 9.62 Å². The van der Waals surface area contributed by atoms with E-state index in [1.54, 1.807) is 0 Å². The lowest BCUT2D eigenvalue weighted by molar-refractivity contribution is -0.119. The number of rotatable bonds is 5.